The van der Waals surface area contributed by atoms with Crippen LogP contribution in [-0.4, -0.2) is 94.3 Å². The minimum Gasteiger partial charge on any atom is -0.490 e. The lowest BCUT2D eigenvalue weighted by Crippen LogP contribution is -2.48. The Hall–Kier alpha value is -2.73. The van der Waals surface area contributed by atoms with Gasteiger partial charge in [0.2, 0.25) is 10.0 Å². The zero-order valence-electron chi connectivity index (χ0n) is 24.9. The van der Waals surface area contributed by atoms with Crippen molar-refractivity contribution in [2.24, 2.45) is 5.92 Å². The van der Waals surface area contributed by atoms with E-state index in [0.717, 1.165) is 37.1 Å². The lowest BCUT2D eigenvalue weighted by molar-refractivity contribution is -0.00833. The maximum absolute atomic E-state index is 14.1. The van der Waals surface area contributed by atoms with Crippen molar-refractivity contribution < 1.29 is 32.2 Å². The van der Waals surface area contributed by atoms with Crippen LogP contribution < -0.4 is 9.64 Å². The molecule has 4 atom stereocenters. The molecule has 0 saturated heterocycles. The number of hydrogen-bond acceptors (Lipinski definition) is 7. The monoisotopic (exact) mass is 593 g/mol. The molecule has 0 aliphatic carbocycles. The SMILES string of the molecule is C[C@H](CO)N1C[C@H](C)[C@H](CN(C)S(=O)(=O)c2ccc(F)cc2)OCCCC[C@H](C)Oc2ccc(N(C)C)cc2C1=O. The highest BCUT2D eigenvalue weighted by Gasteiger charge is 2.32. The molecule has 1 N–H and O–H groups in total. The third-order valence-corrected chi connectivity index (χ3v) is 9.35. The Kier molecular flexibility index (Phi) is 11.5. The van der Waals surface area contributed by atoms with E-state index in [0.29, 0.717) is 17.9 Å². The first-order valence-corrected chi connectivity index (χ1v) is 15.5. The molecule has 2 aromatic carbocycles. The molecule has 41 heavy (non-hydrogen) atoms. The number of hydrogen-bond donors (Lipinski definition) is 1. The van der Waals surface area contributed by atoms with Crippen molar-refractivity contribution in [1.29, 1.82) is 0 Å². The Balaban J connectivity index is 1.96. The number of sulfonamides is 1. The first kappa shape index (κ1) is 32.8. The van der Waals surface area contributed by atoms with Crippen LogP contribution in [0.4, 0.5) is 10.1 Å². The molecule has 0 aromatic heterocycles. The number of carbonyl (C=O) groups excluding carboxylic acids is 1. The van der Waals surface area contributed by atoms with E-state index < -0.39 is 28.0 Å². The van der Waals surface area contributed by atoms with Gasteiger partial charge in [0.05, 0.1) is 35.3 Å². The quantitative estimate of drug-likeness (QED) is 0.518. The van der Waals surface area contributed by atoms with Crippen molar-refractivity contribution in [3.05, 3.63) is 53.8 Å². The van der Waals surface area contributed by atoms with E-state index >= 15 is 0 Å². The molecule has 0 spiro atoms. The summed E-state index contributed by atoms with van der Waals surface area (Å²) in [6.07, 6.45) is 1.66. The molecule has 11 heteroatoms. The lowest BCUT2D eigenvalue weighted by Gasteiger charge is -2.35. The molecule has 0 saturated carbocycles. The van der Waals surface area contributed by atoms with Crippen molar-refractivity contribution in [3.8, 4) is 5.75 Å². The maximum atomic E-state index is 14.1. The third-order valence-electron chi connectivity index (χ3n) is 7.51. The first-order chi connectivity index (χ1) is 19.3. The van der Waals surface area contributed by atoms with Gasteiger partial charge in [-0.25, -0.2) is 12.8 Å². The first-order valence-electron chi connectivity index (χ1n) is 14.1. The highest BCUT2D eigenvalue weighted by atomic mass is 32.2. The van der Waals surface area contributed by atoms with Gasteiger partial charge in [-0.1, -0.05) is 6.92 Å². The number of ether oxygens (including phenoxy) is 2. The predicted molar refractivity (Wildman–Crippen MR) is 157 cm³/mol. The molecule has 2 aromatic rings. The Morgan fingerprint density at radius 2 is 1.78 bits per heavy atom. The molecule has 1 heterocycles. The standard InChI is InChI=1S/C30H44FN3O6S/c1-21-18-34(22(2)20-35)30(36)27-17-25(32(4)5)12-15-28(27)40-23(3)9-7-8-16-39-29(21)19-33(6)41(37,38)26-13-10-24(31)11-14-26/h10-15,17,21-23,29,35H,7-9,16,18-20H2,1-6H3/t21-,22+,23-,29-/m0/s1. The zero-order valence-corrected chi connectivity index (χ0v) is 25.7. The van der Waals surface area contributed by atoms with Gasteiger partial charge in [0.15, 0.2) is 0 Å². The van der Waals surface area contributed by atoms with E-state index in [1.54, 1.807) is 17.9 Å². The van der Waals surface area contributed by atoms with Crippen molar-refractivity contribution in [3.63, 3.8) is 0 Å². The molecule has 0 bridgehead atoms. The van der Waals surface area contributed by atoms with E-state index in [9.17, 15) is 22.7 Å². The average Bonchev–Trinajstić information content (AvgIpc) is 2.93. The van der Waals surface area contributed by atoms with Crippen molar-refractivity contribution in [2.45, 2.75) is 63.2 Å². The van der Waals surface area contributed by atoms with Crippen molar-refractivity contribution in [1.82, 2.24) is 9.21 Å². The van der Waals surface area contributed by atoms with Gasteiger partial charge in [-0.3, -0.25) is 4.79 Å². The second-order valence-electron chi connectivity index (χ2n) is 11.1. The minimum absolute atomic E-state index is 0.0112. The highest BCUT2D eigenvalue weighted by molar-refractivity contribution is 7.89. The van der Waals surface area contributed by atoms with Gasteiger partial charge in [-0.2, -0.15) is 4.31 Å². The summed E-state index contributed by atoms with van der Waals surface area (Å²) >= 11 is 0. The molecule has 0 fully saturated rings. The van der Waals surface area contributed by atoms with Crippen LogP contribution in [0.25, 0.3) is 0 Å². The normalized spacial score (nSPS) is 22.0. The van der Waals surface area contributed by atoms with Crippen LogP contribution in [-0.2, 0) is 14.8 Å². The molecule has 0 radical (unpaired) electrons. The molecule has 1 amide bonds. The van der Waals surface area contributed by atoms with Gasteiger partial charge in [-0.05, 0) is 75.6 Å². The fraction of sp³-hybridized carbons (Fsp3) is 0.567. The van der Waals surface area contributed by atoms with Crippen LogP contribution in [0.15, 0.2) is 47.4 Å². The number of carbonyl (C=O) groups is 1. The Bertz CT molecular complexity index is 1260. The van der Waals surface area contributed by atoms with Gasteiger partial charge in [0.1, 0.15) is 11.6 Å². The third kappa shape index (κ3) is 8.41. The summed E-state index contributed by atoms with van der Waals surface area (Å²) in [7, 11) is 1.36. The number of likely N-dealkylation sites (N-methyl/N-ethyl adjacent to an activating group) is 1. The Morgan fingerprint density at radius 3 is 2.41 bits per heavy atom. The van der Waals surface area contributed by atoms with Crippen LogP contribution in [0.1, 0.15) is 50.4 Å². The minimum atomic E-state index is -3.90. The number of rotatable bonds is 7. The number of nitrogens with zero attached hydrogens (tertiary/aromatic N) is 3. The Morgan fingerprint density at radius 1 is 1.10 bits per heavy atom. The van der Waals surface area contributed by atoms with E-state index in [2.05, 4.69) is 0 Å². The Labute approximate surface area is 243 Å². The molecule has 3 rings (SSSR count). The van der Waals surface area contributed by atoms with E-state index in [4.69, 9.17) is 9.47 Å². The molecule has 228 valence electrons. The molecule has 1 aliphatic heterocycles. The van der Waals surface area contributed by atoms with E-state index in [-0.39, 0.29) is 42.5 Å². The molecular formula is C30H44FN3O6S. The number of aliphatic hydroxyl groups excluding tert-OH is 1. The number of halogens is 1. The number of fused-ring (bicyclic) bond motifs is 1. The highest BCUT2D eigenvalue weighted by Crippen LogP contribution is 2.29. The summed E-state index contributed by atoms with van der Waals surface area (Å²) in [5.74, 6) is -0.600. The smallest absolute Gasteiger partial charge is 0.258 e. The summed E-state index contributed by atoms with van der Waals surface area (Å²) in [4.78, 5) is 17.6. The average molecular weight is 594 g/mol. The van der Waals surface area contributed by atoms with Crippen LogP contribution in [0.3, 0.4) is 0 Å². The fourth-order valence-electron chi connectivity index (χ4n) is 4.79. The van der Waals surface area contributed by atoms with Gasteiger partial charge >= 0.3 is 0 Å². The predicted octanol–water partition coefficient (Wildman–Crippen LogP) is 4.01. The van der Waals surface area contributed by atoms with E-state index in [1.807, 2.05) is 45.0 Å². The van der Waals surface area contributed by atoms with Crippen LogP contribution in [0, 0.1) is 11.7 Å². The number of anilines is 1. The molecular weight excluding hydrogens is 549 g/mol. The summed E-state index contributed by atoms with van der Waals surface area (Å²) in [5.41, 5.74) is 1.24. The molecule has 9 nitrogen and oxygen atoms in total. The van der Waals surface area contributed by atoms with Gasteiger partial charge in [-0.15, -0.1) is 0 Å². The number of amides is 1. The number of benzene rings is 2. The number of aliphatic hydroxyl groups is 1. The van der Waals surface area contributed by atoms with Gasteiger partial charge < -0.3 is 24.4 Å². The maximum Gasteiger partial charge on any atom is 0.258 e. The lowest BCUT2D eigenvalue weighted by atomic mass is 10.0. The van der Waals surface area contributed by atoms with Crippen LogP contribution in [0.5, 0.6) is 5.75 Å². The second-order valence-corrected chi connectivity index (χ2v) is 13.2. The van der Waals surface area contributed by atoms with E-state index in [1.165, 1.54) is 23.5 Å². The molecule has 0 unspecified atom stereocenters. The summed E-state index contributed by atoms with van der Waals surface area (Å²) in [6.45, 7) is 6.08. The zero-order chi connectivity index (χ0) is 30.3. The van der Waals surface area contributed by atoms with Crippen molar-refractivity contribution >= 4 is 21.6 Å². The van der Waals surface area contributed by atoms with Crippen LogP contribution in [0.2, 0.25) is 0 Å². The largest absolute Gasteiger partial charge is 0.490 e. The van der Waals surface area contributed by atoms with Crippen LogP contribution >= 0.6 is 0 Å². The van der Waals surface area contributed by atoms with Gasteiger partial charge in [0, 0.05) is 52.4 Å². The topological polar surface area (TPSA) is 99.6 Å². The van der Waals surface area contributed by atoms with Crippen molar-refractivity contribution in [2.75, 3.05) is 52.3 Å². The summed E-state index contributed by atoms with van der Waals surface area (Å²) in [5, 5.41) is 10.1. The summed E-state index contributed by atoms with van der Waals surface area (Å²) < 4.78 is 53.6. The summed E-state index contributed by atoms with van der Waals surface area (Å²) in [6, 6.07) is 9.73. The molecule has 1 aliphatic rings. The second kappa shape index (κ2) is 14.4. The van der Waals surface area contributed by atoms with Gasteiger partial charge in [0.25, 0.3) is 5.91 Å². The fourth-order valence-corrected chi connectivity index (χ4v) is 5.97.